The molecule has 2 aromatic rings. The van der Waals surface area contributed by atoms with Crippen molar-refractivity contribution in [1.29, 1.82) is 0 Å². The molecule has 0 aliphatic carbocycles. The third-order valence-electron chi connectivity index (χ3n) is 3.32. The molecule has 9 heteroatoms. The SMILES string of the molecule is CCOc1ccc(N(NC(=O)c2nn(C)c(C)c2Br)C(N)=S)cc1. The summed E-state index contributed by atoms with van der Waals surface area (Å²) in [5.41, 5.74) is 10.1. The summed E-state index contributed by atoms with van der Waals surface area (Å²) in [6, 6.07) is 7.06. The van der Waals surface area contributed by atoms with E-state index in [1.165, 1.54) is 5.01 Å². The van der Waals surface area contributed by atoms with E-state index in [0.717, 1.165) is 11.4 Å². The molecule has 0 fully saturated rings. The summed E-state index contributed by atoms with van der Waals surface area (Å²) in [6.45, 7) is 4.33. The van der Waals surface area contributed by atoms with Crippen molar-refractivity contribution in [2.45, 2.75) is 13.8 Å². The standard InChI is InChI=1S/C15H18BrN5O2S/c1-4-23-11-7-5-10(6-8-11)21(15(17)24)19-14(22)13-12(16)9(2)20(3)18-13/h5-8H,4H2,1-3H3,(H2,17,24)(H,19,22). The summed E-state index contributed by atoms with van der Waals surface area (Å²) in [7, 11) is 1.76. The van der Waals surface area contributed by atoms with Crippen LogP contribution in [-0.4, -0.2) is 27.4 Å². The predicted molar refractivity (Wildman–Crippen MR) is 100.0 cm³/mol. The summed E-state index contributed by atoms with van der Waals surface area (Å²) in [5, 5.41) is 5.51. The highest BCUT2D eigenvalue weighted by molar-refractivity contribution is 9.10. The van der Waals surface area contributed by atoms with Crippen LogP contribution < -0.4 is 20.9 Å². The van der Waals surface area contributed by atoms with Crippen molar-refractivity contribution in [2.75, 3.05) is 11.6 Å². The molecular formula is C15H18BrN5O2S. The lowest BCUT2D eigenvalue weighted by Crippen LogP contribution is -2.49. The maximum atomic E-state index is 12.5. The summed E-state index contributed by atoms with van der Waals surface area (Å²) in [4.78, 5) is 12.5. The molecule has 128 valence electrons. The number of nitrogens with one attached hydrogen (secondary N) is 1. The van der Waals surface area contributed by atoms with Crippen molar-refractivity contribution < 1.29 is 9.53 Å². The smallest absolute Gasteiger partial charge is 0.291 e. The monoisotopic (exact) mass is 411 g/mol. The Hall–Kier alpha value is -2.13. The number of anilines is 1. The lowest BCUT2D eigenvalue weighted by Gasteiger charge is -2.23. The first kappa shape index (κ1) is 18.2. The minimum Gasteiger partial charge on any atom is -0.494 e. The van der Waals surface area contributed by atoms with Crippen molar-refractivity contribution in [3.63, 3.8) is 0 Å². The zero-order valence-electron chi connectivity index (χ0n) is 13.5. The van der Waals surface area contributed by atoms with Crippen LogP contribution in [0.5, 0.6) is 5.75 Å². The van der Waals surface area contributed by atoms with Gasteiger partial charge in [-0.15, -0.1) is 0 Å². The van der Waals surface area contributed by atoms with E-state index in [2.05, 4.69) is 26.5 Å². The maximum absolute atomic E-state index is 12.5. The molecule has 0 saturated heterocycles. The number of carbonyl (C=O) groups excluding carboxylic acids is 1. The topological polar surface area (TPSA) is 85.4 Å². The van der Waals surface area contributed by atoms with E-state index >= 15 is 0 Å². The molecule has 2 rings (SSSR count). The number of nitrogens with zero attached hydrogens (tertiary/aromatic N) is 3. The lowest BCUT2D eigenvalue weighted by molar-refractivity contribution is 0.0948. The Morgan fingerprint density at radius 3 is 2.54 bits per heavy atom. The number of amides is 1. The highest BCUT2D eigenvalue weighted by Gasteiger charge is 2.21. The van der Waals surface area contributed by atoms with E-state index in [9.17, 15) is 4.79 Å². The molecule has 0 atom stereocenters. The van der Waals surface area contributed by atoms with Gasteiger partial charge in [0.05, 0.1) is 22.5 Å². The number of hydrogen-bond acceptors (Lipinski definition) is 4. The maximum Gasteiger partial charge on any atom is 0.291 e. The van der Waals surface area contributed by atoms with Gasteiger partial charge in [-0.2, -0.15) is 5.10 Å². The van der Waals surface area contributed by atoms with Crippen molar-refractivity contribution >= 4 is 44.9 Å². The van der Waals surface area contributed by atoms with Crippen LogP contribution in [0.3, 0.4) is 0 Å². The van der Waals surface area contributed by atoms with E-state index < -0.39 is 5.91 Å². The van der Waals surface area contributed by atoms with Gasteiger partial charge in [0.1, 0.15) is 5.75 Å². The Bertz CT molecular complexity index is 760. The number of aromatic nitrogens is 2. The largest absolute Gasteiger partial charge is 0.494 e. The van der Waals surface area contributed by atoms with E-state index in [0.29, 0.717) is 16.8 Å². The molecule has 3 N–H and O–H groups in total. The quantitative estimate of drug-likeness (QED) is 0.592. The van der Waals surface area contributed by atoms with Crippen LogP contribution >= 0.6 is 28.1 Å². The number of hydrogen-bond donors (Lipinski definition) is 2. The molecule has 1 heterocycles. The first-order valence-electron chi connectivity index (χ1n) is 7.17. The van der Waals surface area contributed by atoms with Gasteiger partial charge in [-0.05, 0) is 66.3 Å². The molecule has 1 aromatic heterocycles. The van der Waals surface area contributed by atoms with Crippen LogP contribution in [-0.2, 0) is 7.05 Å². The molecular weight excluding hydrogens is 394 g/mol. The van der Waals surface area contributed by atoms with Gasteiger partial charge in [0, 0.05) is 7.05 Å². The Kier molecular flexibility index (Phi) is 5.79. The molecule has 7 nitrogen and oxygen atoms in total. The van der Waals surface area contributed by atoms with Crippen LogP contribution in [0.15, 0.2) is 28.7 Å². The van der Waals surface area contributed by atoms with Crippen molar-refractivity contribution in [3.05, 3.63) is 40.1 Å². The van der Waals surface area contributed by atoms with Crippen LogP contribution in [0.4, 0.5) is 5.69 Å². The van der Waals surface area contributed by atoms with Crippen LogP contribution in [0.2, 0.25) is 0 Å². The van der Waals surface area contributed by atoms with Gasteiger partial charge in [-0.25, -0.2) is 5.01 Å². The molecule has 1 aromatic carbocycles. The Labute approximate surface area is 153 Å². The molecule has 0 radical (unpaired) electrons. The van der Waals surface area contributed by atoms with E-state index in [-0.39, 0.29) is 10.8 Å². The number of thiocarbonyl (C=S) groups is 1. The second-order valence-electron chi connectivity index (χ2n) is 4.91. The summed E-state index contributed by atoms with van der Waals surface area (Å²) < 4.78 is 7.63. The number of nitrogens with two attached hydrogens (primary N) is 1. The summed E-state index contributed by atoms with van der Waals surface area (Å²) >= 11 is 8.40. The zero-order valence-corrected chi connectivity index (χ0v) is 15.9. The Morgan fingerprint density at radius 1 is 1.46 bits per heavy atom. The number of ether oxygens (including phenoxy) is 1. The minimum absolute atomic E-state index is 0.0104. The molecule has 0 saturated carbocycles. The number of rotatable bonds is 4. The van der Waals surface area contributed by atoms with Gasteiger partial charge >= 0.3 is 0 Å². The summed E-state index contributed by atoms with van der Waals surface area (Å²) in [6.07, 6.45) is 0. The fourth-order valence-electron chi connectivity index (χ4n) is 1.99. The molecule has 0 spiro atoms. The fraction of sp³-hybridized carbons (Fsp3) is 0.267. The molecule has 0 bridgehead atoms. The van der Waals surface area contributed by atoms with Crippen molar-refractivity contribution in [1.82, 2.24) is 15.2 Å². The Morgan fingerprint density at radius 2 is 2.08 bits per heavy atom. The van der Waals surface area contributed by atoms with E-state index in [1.807, 2.05) is 13.8 Å². The van der Waals surface area contributed by atoms with Crippen molar-refractivity contribution in [3.8, 4) is 5.75 Å². The lowest BCUT2D eigenvalue weighted by atomic mass is 10.3. The average molecular weight is 412 g/mol. The average Bonchev–Trinajstić information content (AvgIpc) is 2.81. The van der Waals surface area contributed by atoms with Gasteiger partial charge in [-0.1, -0.05) is 0 Å². The highest BCUT2D eigenvalue weighted by atomic mass is 79.9. The minimum atomic E-state index is -0.424. The normalized spacial score (nSPS) is 10.3. The Balaban J connectivity index is 2.23. The van der Waals surface area contributed by atoms with Gasteiger partial charge < -0.3 is 10.5 Å². The molecule has 0 aliphatic heterocycles. The zero-order chi connectivity index (χ0) is 17.9. The second kappa shape index (κ2) is 7.63. The van der Waals surface area contributed by atoms with Gasteiger partial charge in [0.25, 0.3) is 5.91 Å². The van der Waals surface area contributed by atoms with Crippen molar-refractivity contribution in [2.24, 2.45) is 12.8 Å². The molecule has 1 amide bonds. The highest BCUT2D eigenvalue weighted by Crippen LogP contribution is 2.21. The van der Waals surface area contributed by atoms with Crippen LogP contribution in [0.1, 0.15) is 23.1 Å². The second-order valence-corrected chi connectivity index (χ2v) is 6.12. The van der Waals surface area contributed by atoms with Gasteiger partial charge in [0.15, 0.2) is 10.8 Å². The van der Waals surface area contributed by atoms with E-state index in [1.54, 1.807) is 36.0 Å². The predicted octanol–water partition coefficient (Wildman–Crippen LogP) is 2.28. The molecule has 0 aliphatic rings. The number of benzene rings is 1. The summed E-state index contributed by atoms with van der Waals surface area (Å²) in [5.74, 6) is 0.297. The van der Waals surface area contributed by atoms with Gasteiger partial charge in [-0.3, -0.25) is 14.9 Å². The third kappa shape index (κ3) is 3.85. The first-order chi connectivity index (χ1) is 11.3. The van der Waals surface area contributed by atoms with Crippen LogP contribution in [0.25, 0.3) is 0 Å². The number of carbonyl (C=O) groups is 1. The van der Waals surface area contributed by atoms with Gasteiger partial charge in [0.2, 0.25) is 0 Å². The molecule has 0 unspecified atom stereocenters. The third-order valence-corrected chi connectivity index (χ3v) is 4.45. The number of aryl methyl sites for hydroxylation is 1. The van der Waals surface area contributed by atoms with Crippen LogP contribution in [0, 0.1) is 6.92 Å². The number of halogens is 1. The fourth-order valence-corrected chi connectivity index (χ4v) is 2.65. The number of hydrazine groups is 1. The molecule has 24 heavy (non-hydrogen) atoms. The van der Waals surface area contributed by atoms with E-state index in [4.69, 9.17) is 22.7 Å². The first-order valence-corrected chi connectivity index (χ1v) is 8.37.